The van der Waals surface area contributed by atoms with Gasteiger partial charge < -0.3 is 10.0 Å². The van der Waals surface area contributed by atoms with Crippen LogP contribution in [-0.2, 0) is 17.8 Å². The third-order valence-corrected chi connectivity index (χ3v) is 5.80. The minimum absolute atomic E-state index is 0.0120. The number of nitrogens with one attached hydrogen (secondary N) is 2. The summed E-state index contributed by atoms with van der Waals surface area (Å²) in [7, 11) is 0. The van der Waals surface area contributed by atoms with Gasteiger partial charge in [0.05, 0.1) is 6.61 Å². The summed E-state index contributed by atoms with van der Waals surface area (Å²) < 4.78 is 13.1. The highest BCUT2D eigenvalue weighted by atomic mass is 19.1. The van der Waals surface area contributed by atoms with Crippen molar-refractivity contribution >= 4 is 5.91 Å². The first-order chi connectivity index (χ1) is 13.6. The van der Waals surface area contributed by atoms with E-state index in [9.17, 15) is 9.18 Å². The van der Waals surface area contributed by atoms with Gasteiger partial charge in [-0.05, 0) is 54.0 Å². The van der Waals surface area contributed by atoms with E-state index in [-0.39, 0.29) is 30.4 Å². The molecule has 3 N–H and O–H groups in total. The van der Waals surface area contributed by atoms with E-state index in [0.717, 1.165) is 37.1 Å². The van der Waals surface area contributed by atoms with Crippen molar-refractivity contribution in [3.8, 4) is 0 Å². The van der Waals surface area contributed by atoms with E-state index in [4.69, 9.17) is 5.11 Å². The maximum absolute atomic E-state index is 13.1. The summed E-state index contributed by atoms with van der Waals surface area (Å²) in [6.07, 6.45) is 2.62. The minimum atomic E-state index is -0.253. The second-order valence-corrected chi connectivity index (χ2v) is 7.80. The van der Waals surface area contributed by atoms with Crippen molar-refractivity contribution in [2.75, 3.05) is 13.1 Å². The van der Waals surface area contributed by atoms with Crippen molar-refractivity contribution in [1.29, 1.82) is 0 Å². The molecule has 28 heavy (non-hydrogen) atoms. The fraction of sp³-hybridized carbons (Fsp3) is 0.409. The fourth-order valence-electron chi connectivity index (χ4n) is 4.17. The smallest absolute Gasteiger partial charge is 0.241 e. The number of halogens is 1. The van der Waals surface area contributed by atoms with Crippen molar-refractivity contribution in [2.24, 2.45) is 5.92 Å². The molecule has 5 nitrogen and oxygen atoms in total. The average molecular weight is 383 g/mol. The van der Waals surface area contributed by atoms with Crippen LogP contribution in [0.5, 0.6) is 0 Å². The normalized spacial score (nSPS) is 24.6. The van der Waals surface area contributed by atoms with Crippen LogP contribution in [0.2, 0.25) is 0 Å². The number of rotatable bonds is 5. The lowest BCUT2D eigenvalue weighted by atomic mass is 9.98. The van der Waals surface area contributed by atoms with Crippen LogP contribution < -0.4 is 10.9 Å². The molecular weight excluding hydrogens is 357 g/mol. The van der Waals surface area contributed by atoms with E-state index in [1.165, 1.54) is 17.7 Å². The van der Waals surface area contributed by atoms with E-state index in [2.05, 4.69) is 23.0 Å². The Morgan fingerprint density at radius 3 is 2.50 bits per heavy atom. The van der Waals surface area contributed by atoms with Gasteiger partial charge in [-0.15, -0.1) is 0 Å². The number of carbonyl (C=O) groups excluding carboxylic acids is 1. The maximum Gasteiger partial charge on any atom is 0.241 e. The summed E-state index contributed by atoms with van der Waals surface area (Å²) in [6, 6.07) is 14.2. The Balaban J connectivity index is 1.30. The van der Waals surface area contributed by atoms with Crippen molar-refractivity contribution in [3.05, 3.63) is 71.0 Å². The summed E-state index contributed by atoms with van der Waals surface area (Å²) in [4.78, 5) is 14.9. The number of amides is 1. The Bertz CT molecular complexity index is 810. The zero-order valence-electron chi connectivity index (χ0n) is 15.8. The SMILES string of the molecule is O=C(C1CC(c2ccc(F)cc2)NN1)N1CCC(Cc2ccc(CO)cc2)C1. The largest absolute Gasteiger partial charge is 0.392 e. The molecule has 2 saturated heterocycles. The zero-order chi connectivity index (χ0) is 19.5. The monoisotopic (exact) mass is 383 g/mol. The van der Waals surface area contributed by atoms with Gasteiger partial charge in [-0.25, -0.2) is 15.2 Å². The van der Waals surface area contributed by atoms with E-state index in [0.29, 0.717) is 12.3 Å². The molecule has 3 atom stereocenters. The highest BCUT2D eigenvalue weighted by Crippen LogP contribution is 2.26. The van der Waals surface area contributed by atoms with Crippen LogP contribution in [-0.4, -0.2) is 35.0 Å². The number of carbonyl (C=O) groups is 1. The van der Waals surface area contributed by atoms with Crippen molar-refractivity contribution < 1.29 is 14.3 Å². The number of aliphatic hydroxyl groups excluding tert-OH is 1. The molecule has 0 aromatic heterocycles. The molecule has 148 valence electrons. The number of hydrogen-bond acceptors (Lipinski definition) is 4. The van der Waals surface area contributed by atoms with Crippen LogP contribution in [0.15, 0.2) is 48.5 Å². The molecule has 4 rings (SSSR count). The quantitative estimate of drug-likeness (QED) is 0.742. The van der Waals surface area contributed by atoms with Gasteiger partial charge in [-0.2, -0.15) is 0 Å². The summed E-state index contributed by atoms with van der Waals surface area (Å²) in [6.45, 7) is 1.63. The molecule has 0 radical (unpaired) electrons. The molecule has 0 saturated carbocycles. The topological polar surface area (TPSA) is 64.6 Å². The summed E-state index contributed by atoms with van der Waals surface area (Å²) in [5.41, 5.74) is 9.43. The molecule has 2 fully saturated rings. The predicted molar refractivity (Wildman–Crippen MR) is 105 cm³/mol. The van der Waals surface area contributed by atoms with Crippen molar-refractivity contribution in [1.82, 2.24) is 15.8 Å². The second-order valence-electron chi connectivity index (χ2n) is 7.80. The fourth-order valence-corrected chi connectivity index (χ4v) is 4.17. The number of likely N-dealkylation sites (tertiary alicyclic amines) is 1. The van der Waals surface area contributed by atoms with Crippen LogP contribution >= 0.6 is 0 Å². The van der Waals surface area contributed by atoms with Gasteiger partial charge in [0, 0.05) is 19.1 Å². The van der Waals surface area contributed by atoms with E-state index < -0.39 is 0 Å². The molecule has 2 aliphatic rings. The number of hydrazine groups is 1. The number of hydrogen-bond donors (Lipinski definition) is 3. The predicted octanol–water partition coefficient (Wildman–Crippen LogP) is 2.32. The van der Waals surface area contributed by atoms with E-state index >= 15 is 0 Å². The zero-order valence-corrected chi connectivity index (χ0v) is 15.8. The molecule has 0 aliphatic carbocycles. The Hall–Kier alpha value is -2.28. The van der Waals surface area contributed by atoms with Crippen LogP contribution in [0.1, 0.15) is 35.6 Å². The maximum atomic E-state index is 13.1. The Morgan fingerprint density at radius 2 is 1.79 bits per heavy atom. The number of nitrogens with zero attached hydrogens (tertiary/aromatic N) is 1. The lowest BCUT2D eigenvalue weighted by Gasteiger charge is -2.20. The van der Waals surface area contributed by atoms with Gasteiger partial charge in [0.1, 0.15) is 11.9 Å². The Labute approximate surface area is 164 Å². The lowest BCUT2D eigenvalue weighted by Crippen LogP contribution is -2.44. The molecule has 2 heterocycles. The van der Waals surface area contributed by atoms with E-state index in [1.807, 2.05) is 17.0 Å². The highest BCUT2D eigenvalue weighted by Gasteiger charge is 2.35. The molecule has 2 aromatic rings. The number of benzene rings is 2. The first-order valence-electron chi connectivity index (χ1n) is 9.86. The van der Waals surface area contributed by atoms with Crippen molar-refractivity contribution in [3.63, 3.8) is 0 Å². The highest BCUT2D eigenvalue weighted by molar-refractivity contribution is 5.82. The lowest BCUT2D eigenvalue weighted by molar-refractivity contribution is -0.132. The Morgan fingerprint density at radius 1 is 1.07 bits per heavy atom. The summed E-state index contributed by atoms with van der Waals surface area (Å²) in [5.74, 6) is 0.345. The second kappa shape index (κ2) is 8.39. The average Bonchev–Trinajstić information content (AvgIpc) is 3.39. The van der Waals surface area contributed by atoms with Gasteiger partial charge in [0.2, 0.25) is 5.91 Å². The van der Waals surface area contributed by atoms with E-state index in [1.54, 1.807) is 12.1 Å². The molecular formula is C22H26FN3O2. The summed E-state index contributed by atoms with van der Waals surface area (Å²) >= 11 is 0. The summed E-state index contributed by atoms with van der Waals surface area (Å²) in [5, 5.41) is 9.14. The first-order valence-corrected chi connectivity index (χ1v) is 9.86. The van der Waals surface area contributed by atoms with Crippen LogP contribution in [0.4, 0.5) is 4.39 Å². The van der Waals surface area contributed by atoms with Gasteiger partial charge in [-0.3, -0.25) is 4.79 Å². The van der Waals surface area contributed by atoms with Gasteiger partial charge in [0.25, 0.3) is 0 Å². The first kappa shape index (κ1) is 19.1. The van der Waals surface area contributed by atoms with Gasteiger partial charge >= 0.3 is 0 Å². The Kier molecular flexibility index (Phi) is 5.71. The van der Waals surface area contributed by atoms with Crippen LogP contribution in [0.3, 0.4) is 0 Å². The van der Waals surface area contributed by atoms with Crippen LogP contribution in [0, 0.1) is 11.7 Å². The third-order valence-electron chi connectivity index (χ3n) is 5.80. The van der Waals surface area contributed by atoms with Crippen molar-refractivity contribution in [2.45, 2.75) is 38.0 Å². The van der Waals surface area contributed by atoms with Gasteiger partial charge in [0.15, 0.2) is 0 Å². The molecule has 1 amide bonds. The molecule has 0 spiro atoms. The van der Waals surface area contributed by atoms with Gasteiger partial charge in [-0.1, -0.05) is 36.4 Å². The molecule has 3 unspecified atom stereocenters. The number of aliphatic hydroxyl groups is 1. The minimum Gasteiger partial charge on any atom is -0.392 e. The third kappa shape index (κ3) is 4.24. The molecule has 2 aliphatic heterocycles. The molecule has 6 heteroatoms. The molecule has 2 aromatic carbocycles. The standard InChI is InChI=1S/C22H26FN3O2/c23-19-7-5-18(6-8-19)20-12-21(25-24-20)22(28)26-10-9-17(13-26)11-15-1-3-16(14-27)4-2-15/h1-8,17,20-21,24-25,27H,9-14H2. The molecule has 0 bridgehead atoms. The van der Waals surface area contributed by atoms with Crippen LogP contribution in [0.25, 0.3) is 0 Å².